The Morgan fingerprint density at radius 2 is 1.56 bits per heavy atom. The summed E-state index contributed by atoms with van der Waals surface area (Å²) >= 11 is 5.11. The molecular formula is C13H10NOS-. The van der Waals surface area contributed by atoms with E-state index in [1.807, 2.05) is 30.3 Å². The van der Waals surface area contributed by atoms with Crippen LogP contribution in [0.5, 0.6) is 0 Å². The van der Waals surface area contributed by atoms with Gasteiger partial charge in [0, 0.05) is 11.3 Å². The van der Waals surface area contributed by atoms with Gasteiger partial charge in [0.2, 0.25) is 0 Å². The Bertz CT molecular complexity index is 496. The van der Waals surface area contributed by atoms with Crippen LogP contribution in [0.2, 0.25) is 0 Å². The average molecular weight is 228 g/mol. The number of nitrogens with one attached hydrogen (secondary N) is 1. The van der Waals surface area contributed by atoms with E-state index in [0.717, 1.165) is 0 Å². The van der Waals surface area contributed by atoms with E-state index in [1.165, 1.54) is 0 Å². The second-order valence-corrected chi connectivity index (χ2v) is 3.76. The van der Waals surface area contributed by atoms with Crippen molar-refractivity contribution in [3.63, 3.8) is 0 Å². The van der Waals surface area contributed by atoms with Crippen LogP contribution in [0.15, 0.2) is 59.5 Å². The van der Waals surface area contributed by atoms with Crippen LogP contribution in [0.1, 0.15) is 10.4 Å². The van der Waals surface area contributed by atoms with Gasteiger partial charge in [-0.15, -0.1) is 0 Å². The van der Waals surface area contributed by atoms with Crippen molar-refractivity contribution in [1.29, 1.82) is 0 Å². The predicted molar refractivity (Wildman–Crippen MR) is 66.5 cm³/mol. The average Bonchev–Trinajstić information content (AvgIpc) is 2.33. The van der Waals surface area contributed by atoms with Crippen LogP contribution in [-0.4, -0.2) is 5.91 Å². The number of benzene rings is 2. The number of para-hydroxylation sites is 1. The Morgan fingerprint density at radius 3 is 2.25 bits per heavy atom. The molecule has 0 saturated heterocycles. The van der Waals surface area contributed by atoms with Gasteiger partial charge in [-0.2, -0.15) is 4.90 Å². The van der Waals surface area contributed by atoms with Crippen LogP contribution in [0.4, 0.5) is 5.69 Å². The van der Waals surface area contributed by atoms with Gasteiger partial charge in [-0.1, -0.05) is 36.4 Å². The van der Waals surface area contributed by atoms with Crippen molar-refractivity contribution < 1.29 is 4.79 Å². The summed E-state index contributed by atoms with van der Waals surface area (Å²) in [5.74, 6) is -0.141. The van der Waals surface area contributed by atoms with E-state index >= 15 is 0 Å². The molecule has 2 nitrogen and oxygen atoms in total. The van der Waals surface area contributed by atoms with Crippen molar-refractivity contribution in [3.05, 3.63) is 60.2 Å². The lowest BCUT2D eigenvalue weighted by Crippen LogP contribution is -2.12. The van der Waals surface area contributed by atoms with Crippen molar-refractivity contribution in [3.8, 4) is 0 Å². The SMILES string of the molecule is O=C(Nc1ccccc1[S-])c1ccccc1. The fourth-order valence-electron chi connectivity index (χ4n) is 1.35. The maximum Gasteiger partial charge on any atom is 0.255 e. The maximum absolute atomic E-state index is 11.8. The smallest absolute Gasteiger partial charge is 0.255 e. The van der Waals surface area contributed by atoms with Crippen molar-refractivity contribution >= 4 is 24.2 Å². The molecule has 16 heavy (non-hydrogen) atoms. The molecule has 0 bridgehead atoms. The number of carbonyl (C=O) groups is 1. The Morgan fingerprint density at radius 1 is 0.938 bits per heavy atom. The number of carbonyl (C=O) groups excluding carboxylic acids is 1. The van der Waals surface area contributed by atoms with Gasteiger partial charge in [0.15, 0.2) is 0 Å². The molecule has 80 valence electrons. The van der Waals surface area contributed by atoms with Crippen molar-refractivity contribution in [2.75, 3.05) is 5.32 Å². The molecule has 0 saturated carbocycles. The van der Waals surface area contributed by atoms with Gasteiger partial charge in [0.05, 0.1) is 0 Å². The van der Waals surface area contributed by atoms with Crippen LogP contribution >= 0.6 is 0 Å². The third kappa shape index (κ3) is 2.38. The standard InChI is InChI=1S/C13H11NOS/c15-13(10-6-2-1-3-7-10)14-11-8-4-5-9-12(11)16/h1-9,16H,(H,14,15)/p-1. The molecule has 1 N–H and O–H groups in total. The molecule has 0 heterocycles. The number of hydrogen-bond donors (Lipinski definition) is 1. The summed E-state index contributed by atoms with van der Waals surface area (Å²) in [5.41, 5.74) is 1.30. The number of rotatable bonds is 2. The molecule has 0 atom stereocenters. The van der Waals surface area contributed by atoms with Crippen molar-refractivity contribution in [1.82, 2.24) is 0 Å². The maximum atomic E-state index is 11.8. The van der Waals surface area contributed by atoms with Crippen LogP contribution in [-0.2, 0) is 12.6 Å². The minimum absolute atomic E-state index is 0.141. The first-order chi connectivity index (χ1) is 7.77. The molecule has 0 aliphatic carbocycles. The fourth-order valence-corrected chi connectivity index (χ4v) is 1.55. The van der Waals surface area contributed by atoms with E-state index in [9.17, 15) is 4.79 Å². The molecule has 3 heteroatoms. The second kappa shape index (κ2) is 4.77. The van der Waals surface area contributed by atoms with E-state index in [2.05, 4.69) is 5.32 Å². The normalized spacial score (nSPS) is 9.75. The number of amides is 1. The first-order valence-corrected chi connectivity index (χ1v) is 5.30. The van der Waals surface area contributed by atoms with E-state index in [4.69, 9.17) is 12.6 Å². The Hall–Kier alpha value is -1.87. The molecule has 0 aromatic heterocycles. The minimum Gasteiger partial charge on any atom is -0.778 e. The van der Waals surface area contributed by atoms with Gasteiger partial charge >= 0.3 is 0 Å². The molecule has 0 radical (unpaired) electrons. The number of anilines is 1. The molecule has 0 fully saturated rings. The molecule has 0 aliphatic rings. The molecule has 1 amide bonds. The Balaban J connectivity index is 2.18. The minimum atomic E-state index is -0.141. The molecule has 2 aromatic carbocycles. The van der Waals surface area contributed by atoms with E-state index in [-0.39, 0.29) is 5.91 Å². The van der Waals surface area contributed by atoms with Gasteiger partial charge in [0.1, 0.15) is 0 Å². The van der Waals surface area contributed by atoms with Crippen LogP contribution < -0.4 is 5.32 Å². The Kier molecular flexibility index (Phi) is 3.17. The first-order valence-electron chi connectivity index (χ1n) is 4.90. The highest BCUT2D eigenvalue weighted by atomic mass is 32.1. The van der Waals surface area contributed by atoms with Crippen molar-refractivity contribution in [2.24, 2.45) is 0 Å². The summed E-state index contributed by atoms with van der Waals surface area (Å²) in [5, 5.41) is 2.78. The molecule has 0 spiro atoms. The van der Waals surface area contributed by atoms with Crippen LogP contribution in [0.25, 0.3) is 0 Å². The Labute approximate surface area is 99.7 Å². The van der Waals surface area contributed by atoms with Gasteiger partial charge in [0.25, 0.3) is 5.91 Å². The lowest BCUT2D eigenvalue weighted by Gasteiger charge is -2.14. The van der Waals surface area contributed by atoms with E-state index in [1.54, 1.807) is 24.3 Å². The first kappa shape index (κ1) is 10.6. The van der Waals surface area contributed by atoms with Gasteiger partial charge in [-0.25, -0.2) is 0 Å². The molecule has 2 rings (SSSR count). The van der Waals surface area contributed by atoms with E-state index < -0.39 is 0 Å². The topological polar surface area (TPSA) is 29.1 Å². The largest absolute Gasteiger partial charge is 0.778 e. The summed E-state index contributed by atoms with van der Waals surface area (Å²) in [7, 11) is 0. The van der Waals surface area contributed by atoms with Gasteiger partial charge in [-0.05, 0) is 18.2 Å². The number of hydrogen-bond acceptors (Lipinski definition) is 2. The highest BCUT2D eigenvalue weighted by Crippen LogP contribution is 2.15. The van der Waals surface area contributed by atoms with Gasteiger partial charge in [-0.3, -0.25) is 4.79 Å². The zero-order valence-corrected chi connectivity index (χ0v) is 9.33. The molecular weight excluding hydrogens is 218 g/mol. The highest BCUT2D eigenvalue weighted by Gasteiger charge is 2.03. The summed E-state index contributed by atoms with van der Waals surface area (Å²) in [4.78, 5) is 12.5. The lowest BCUT2D eigenvalue weighted by molar-refractivity contribution is 0.102. The third-order valence-electron chi connectivity index (χ3n) is 2.17. The summed E-state index contributed by atoms with van der Waals surface area (Å²) in [6, 6.07) is 16.3. The van der Waals surface area contributed by atoms with Crippen LogP contribution in [0.3, 0.4) is 0 Å². The lowest BCUT2D eigenvalue weighted by atomic mass is 10.2. The highest BCUT2D eigenvalue weighted by molar-refractivity contribution is 7.59. The van der Waals surface area contributed by atoms with Crippen molar-refractivity contribution in [2.45, 2.75) is 4.90 Å². The molecule has 0 unspecified atom stereocenters. The zero-order chi connectivity index (χ0) is 11.4. The molecule has 0 aliphatic heterocycles. The second-order valence-electron chi connectivity index (χ2n) is 3.32. The molecule has 2 aromatic rings. The van der Waals surface area contributed by atoms with E-state index in [0.29, 0.717) is 16.1 Å². The monoisotopic (exact) mass is 228 g/mol. The predicted octanol–water partition coefficient (Wildman–Crippen LogP) is 2.84. The summed E-state index contributed by atoms with van der Waals surface area (Å²) in [6.07, 6.45) is 0. The summed E-state index contributed by atoms with van der Waals surface area (Å²) < 4.78 is 0. The quantitative estimate of drug-likeness (QED) is 0.801. The third-order valence-corrected chi connectivity index (χ3v) is 2.53. The fraction of sp³-hybridized carbons (Fsp3) is 0. The summed E-state index contributed by atoms with van der Waals surface area (Å²) in [6.45, 7) is 0. The van der Waals surface area contributed by atoms with Crippen LogP contribution in [0, 0.1) is 0 Å². The van der Waals surface area contributed by atoms with Gasteiger partial charge < -0.3 is 17.9 Å². The zero-order valence-electron chi connectivity index (χ0n) is 8.51.